The number of hydrogen-bond acceptors (Lipinski definition) is 6. The highest BCUT2D eigenvalue weighted by Crippen LogP contribution is 2.36. The van der Waals surface area contributed by atoms with Gasteiger partial charge in [0.1, 0.15) is 0 Å². The fourth-order valence-corrected chi connectivity index (χ4v) is 2.44. The van der Waals surface area contributed by atoms with E-state index in [0.717, 1.165) is 10.6 Å². The summed E-state index contributed by atoms with van der Waals surface area (Å²) in [4.78, 5) is 22.1. The number of carbonyl (C=O) groups is 1. The van der Waals surface area contributed by atoms with Gasteiger partial charge < -0.3 is 10.1 Å². The molecule has 6 nitrogen and oxygen atoms in total. The van der Waals surface area contributed by atoms with Crippen molar-refractivity contribution in [2.75, 3.05) is 18.2 Å². The van der Waals surface area contributed by atoms with Gasteiger partial charge in [0.15, 0.2) is 0 Å². The number of rotatable bonds is 2. The lowest BCUT2D eigenvalue weighted by Crippen LogP contribution is -2.11. The first kappa shape index (κ1) is 12.4. The van der Waals surface area contributed by atoms with Crippen LogP contribution in [0.5, 0.6) is 0 Å². The smallest absolute Gasteiger partial charge is 0.332 e. The van der Waals surface area contributed by atoms with Gasteiger partial charge in [-0.25, -0.2) is 4.79 Å². The van der Waals surface area contributed by atoms with Gasteiger partial charge in [0.25, 0.3) is 5.69 Å². The van der Waals surface area contributed by atoms with Crippen LogP contribution < -0.4 is 5.32 Å². The molecule has 0 bridgehead atoms. The van der Waals surface area contributed by atoms with Crippen LogP contribution in [0, 0.1) is 10.1 Å². The molecular formula is C11H10N2O4S. The number of benzene rings is 1. The van der Waals surface area contributed by atoms with Crippen molar-refractivity contribution in [2.24, 2.45) is 0 Å². The molecule has 0 atom stereocenters. The first-order valence-corrected chi connectivity index (χ1v) is 6.05. The standard InChI is InChI=1S/C11H10N2O4S/c1-17-11(14)4-7-6-18-10-5-8(13(15)16)2-3-9(10)12-7/h2-5,12H,6H2,1H3/b7-4-. The van der Waals surface area contributed by atoms with Gasteiger partial charge >= 0.3 is 5.97 Å². The van der Waals surface area contributed by atoms with E-state index in [-0.39, 0.29) is 5.69 Å². The van der Waals surface area contributed by atoms with Crippen molar-refractivity contribution in [1.82, 2.24) is 0 Å². The van der Waals surface area contributed by atoms with E-state index in [0.29, 0.717) is 11.4 Å². The number of hydrogen-bond donors (Lipinski definition) is 1. The molecular weight excluding hydrogens is 256 g/mol. The average Bonchev–Trinajstić information content (AvgIpc) is 2.37. The number of methoxy groups -OCH3 is 1. The minimum absolute atomic E-state index is 0.0587. The zero-order valence-corrected chi connectivity index (χ0v) is 10.3. The summed E-state index contributed by atoms with van der Waals surface area (Å²) in [5.41, 5.74) is 1.53. The predicted octanol–water partition coefficient (Wildman–Crippen LogP) is 2.17. The molecule has 0 aromatic heterocycles. The van der Waals surface area contributed by atoms with Crippen molar-refractivity contribution in [3.8, 4) is 0 Å². The van der Waals surface area contributed by atoms with E-state index in [1.165, 1.54) is 37.1 Å². The molecule has 0 aliphatic carbocycles. The first-order valence-electron chi connectivity index (χ1n) is 5.07. The third kappa shape index (κ3) is 2.62. The van der Waals surface area contributed by atoms with E-state index in [4.69, 9.17) is 0 Å². The van der Waals surface area contributed by atoms with Gasteiger partial charge in [-0.1, -0.05) is 0 Å². The molecule has 0 saturated heterocycles. The fraction of sp³-hybridized carbons (Fsp3) is 0.182. The van der Waals surface area contributed by atoms with E-state index in [1.54, 1.807) is 6.07 Å². The molecule has 1 N–H and O–H groups in total. The number of fused-ring (bicyclic) bond motifs is 1. The number of non-ortho nitro benzene ring substituents is 1. The third-order valence-electron chi connectivity index (χ3n) is 2.35. The summed E-state index contributed by atoms with van der Waals surface area (Å²) in [6.07, 6.45) is 1.37. The van der Waals surface area contributed by atoms with Gasteiger partial charge in [-0.15, -0.1) is 11.8 Å². The number of nitrogens with one attached hydrogen (secondary N) is 1. The van der Waals surface area contributed by atoms with Gasteiger partial charge in [-0.3, -0.25) is 10.1 Å². The Labute approximate surface area is 107 Å². The van der Waals surface area contributed by atoms with Crippen molar-refractivity contribution >= 4 is 29.1 Å². The Morgan fingerprint density at radius 3 is 3.06 bits per heavy atom. The Morgan fingerprint density at radius 1 is 1.61 bits per heavy atom. The van der Waals surface area contributed by atoms with Crippen LogP contribution in [0.1, 0.15) is 0 Å². The number of carbonyl (C=O) groups excluding carboxylic acids is 1. The lowest BCUT2D eigenvalue weighted by molar-refractivity contribution is -0.385. The molecule has 94 valence electrons. The van der Waals surface area contributed by atoms with Crippen molar-refractivity contribution in [1.29, 1.82) is 0 Å². The number of esters is 1. The Bertz CT molecular complexity index is 542. The highest BCUT2D eigenvalue weighted by atomic mass is 32.2. The zero-order valence-electron chi connectivity index (χ0n) is 9.50. The summed E-state index contributed by atoms with van der Waals surface area (Å²) in [5, 5.41) is 13.7. The molecule has 0 saturated carbocycles. The summed E-state index contributed by atoms with van der Waals surface area (Å²) < 4.78 is 4.54. The second-order valence-electron chi connectivity index (χ2n) is 3.54. The first-order chi connectivity index (χ1) is 8.60. The van der Waals surface area contributed by atoms with Gasteiger partial charge in [0.2, 0.25) is 0 Å². The van der Waals surface area contributed by atoms with Crippen molar-refractivity contribution in [2.45, 2.75) is 4.90 Å². The summed E-state index contributed by atoms with van der Waals surface area (Å²) in [6, 6.07) is 4.57. The topological polar surface area (TPSA) is 81.5 Å². The van der Waals surface area contributed by atoms with Crippen molar-refractivity contribution in [3.63, 3.8) is 0 Å². The van der Waals surface area contributed by atoms with Crippen LogP contribution in [-0.4, -0.2) is 23.8 Å². The largest absolute Gasteiger partial charge is 0.466 e. The Hall–Kier alpha value is -2.02. The monoisotopic (exact) mass is 266 g/mol. The molecule has 0 amide bonds. The maximum Gasteiger partial charge on any atom is 0.332 e. The molecule has 1 aromatic carbocycles. The maximum absolute atomic E-state index is 11.1. The number of nitro benzene ring substituents is 1. The molecule has 1 aliphatic rings. The molecule has 1 heterocycles. The molecule has 1 aliphatic heterocycles. The highest BCUT2D eigenvalue weighted by molar-refractivity contribution is 7.99. The number of ether oxygens (including phenoxy) is 1. The Kier molecular flexibility index (Phi) is 3.52. The molecule has 1 aromatic rings. The molecule has 18 heavy (non-hydrogen) atoms. The van der Waals surface area contributed by atoms with E-state index >= 15 is 0 Å². The van der Waals surface area contributed by atoms with Crippen LogP contribution >= 0.6 is 11.8 Å². The van der Waals surface area contributed by atoms with E-state index in [1.807, 2.05) is 0 Å². The van der Waals surface area contributed by atoms with Crippen molar-refractivity contribution < 1.29 is 14.5 Å². The van der Waals surface area contributed by atoms with Crippen LogP contribution in [0.25, 0.3) is 0 Å². The summed E-state index contributed by atoms with van der Waals surface area (Å²) >= 11 is 1.44. The lowest BCUT2D eigenvalue weighted by Gasteiger charge is -2.19. The average molecular weight is 266 g/mol. The minimum atomic E-state index is -0.430. The van der Waals surface area contributed by atoms with Gasteiger partial charge in [-0.2, -0.15) is 0 Å². The lowest BCUT2D eigenvalue weighted by atomic mass is 10.2. The molecule has 0 unspecified atom stereocenters. The van der Waals surface area contributed by atoms with E-state index in [2.05, 4.69) is 10.1 Å². The second kappa shape index (κ2) is 5.09. The van der Waals surface area contributed by atoms with E-state index < -0.39 is 10.9 Å². The van der Waals surface area contributed by atoms with Gasteiger partial charge in [0.05, 0.1) is 17.7 Å². The second-order valence-corrected chi connectivity index (χ2v) is 4.56. The van der Waals surface area contributed by atoms with Crippen LogP contribution in [0.3, 0.4) is 0 Å². The van der Waals surface area contributed by atoms with Gasteiger partial charge in [0, 0.05) is 34.6 Å². The normalized spacial score (nSPS) is 15.7. The van der Waals surface area contributed by atoms with E-state index in [9.17, 15) is 14.9 Å². The van der Waals surface area contributed by atoms with Crippen LogP contribution in [0.4, 0.5) is 11.4 Å². The minimum Gasteiger partial charge on any atom is -0.466 e. The summed E-state index contributed by atoms with van der Waals surface area (Å²) in [5.74, 6) is 0.118. The van der Waals surface area contributed by atoms with Crippen molar-refractivity contribution in [3.05, 3.63) is 40.1 Å². The molecule has 0 fully saturated rings. The molecule has 0 radical (unpaired) electrons. The third-order valence-corrected chi connectivity index (χ3v) is 3.45. The molecule has 7 heteroatoms. The number of anilines is 1. The summed E-state index contributed by atoms with van der Waals surface area (Å²) in [7, 11) is 1.31. The van der Waals surface area contributed by atoms with Crippen LogP contribution in [-0.2, 0) is 9.53 Å². The summed E-state index contributed by atoms with van der Waals surface area (Å²) in [6.45, 7) is 0. The predicted molar refractivity (Wildman–Crippen MR) is 67.5 cm³/mol. The number of thioether (sulfide) groups is 1. The molecule has 0 spiro atoms. The number of nitrogens with zero attached hydrogens (tertiary/aromatic N) is 1. The Morgan fingerprint density at radius 2 is 2.39 bits per heavy atom. The van der Waals surface area contributed by atoms with Gasteiger partial charge in [-0.05, 0) is 6.07 Å². The van der Waals surface area contributed by atoms with Crippen LogP contribution in [0.2, 0.25) is 0 Å². The quantitative estimate of drug-likeness (QED) is 0.382. The fourth-order valence-electron chi connectivity index (χ4n) is 1.49. The number of nitro groups is 1. The SMILES string of the molecule is COC(=O)/C=C1/CSc2cc([N+](=O)[O-])ccc2N1. The zero-order chi connectivity index (χ0) is 13.1. The van der Waals surface area contributed by atoms with Crippen LogP contribution in [0.15, 0.2) is 34.9 Å². The maximum atomic E-state index is 11.1. The molecule has 2 rings (SSSR count). The Balaban J connectivity index is 2.23. The highest BCUT2D eigenvalue weighted by Gasteiger charge is 2.17.